The van der Waals surface area contributed by atoms with Crippen molar-refractivity contribution in [1.82, 2.24) is 5.32 Å². The van der Waals surface area contributed by atoms with Crippen LogP contribution in [0.2, 0.25) is 0 Å². The van der Waals surface area contributed by atoms with Crippen molar-refractivity contribution in [3.63, 3.8) is 0 Å². The molecule has 2 aromatic rings. The van der Waals surface area contributed by atoms with Crippen LogP contribution in [0.5, 0.6) is 11.5 Å². The molecule has 3 rings (SSSR count). The highest BCUT2D eigenvalue weighted by Crippen LogP contribution is 2.25. The first-order valence-corrected chi connectivity index (χ1v) is 8.64. The number of methoxy groups -OCH3 is 1. The molecular formula is C20H21FN2O4. The van der Waals surface area contributed by atoms with Crippen molar-refractivity contribution in [2.45, 2.75) is 25.5 Å². The van der Waals surface area contributed by atoms with Crippen molar-refractivity contribution < 1.29 is 23.5 Å². The Morgan fingerprint density at radius 3 is 2.78 bits per heavy atom. The van der Waals surface area contributed by atoms with Crippen LogP contribution in [0.3, 0.4) is 0 Å². The number of hydrogen-bond acceptors (Lipinski definition) is 4. The van der Waals surface area contributed by atoms with Crippen LogP contribution in [0.25, 0.3) is 0 Å². The van der Waals surface area contributed by atoms with Crippen LogP contribution in [0.4, 0.5) is 10.1 Å². The van der Waals surface area contributed by atoms with Gasteiger partial charge in [-0.05, 0) is 31.2 Å². The number of benzene rings is 2. The molecule has 2 aromatic carbocycles. The van der Waals surface area contributed by atoms with E-state index in [-0.39, 0.29) is 24.1 Å². The summed E-state index contributed by atoms with van der Waals surface area (Å²) in [5.41, 5.74) is 0.715. The van der Waals surface area contributed by atoms with E-state index in [0.29, 0.717) is 18.0 Å². The number of carbonyl (C=O) groups excluding carboxylic acids is 2. The summed E-state index contributed by atoms with van der Waals surface area (Å²) in [7, 11) is 1.56. The number of halogens is 1. The fraction of sp³-hybridized carbons (Fsp3) is 0.300. The highest BCUT2D eigenvalue weighted by molar-refractivity contribution is 5.97. The van der Waals surface area contributed by atoms with E-state index in [1.54, 1.807) is 49.3 Å². The summed E-state index contributed by atoms with van der Waals surface area (Å²) in [5.74, 6) is -0.350. The Morgan fingerprint density at radius 1 is 1.26 bits per heavy atom. The van der Waals surface area contributed by atoms with E-state index in [4.69, 9.17) is 9.47 Å². The van der Waals surface area contributed by atoms with E-state index in [1.165, 1.54) is 12.1 Å². The number of rotatable bonds is 6. The van der Waals surface area contributed by atoms with Gasteiger partial charge in [-0.15, -0.1) is 0 Å². The molecular weight excluding hydrogens is 351 g/mol. The molecule has 0 radical (unpaired) electrons. The van der Waals surface area contributed by atoms with Gasteiger partial charge in [0.25, 0.3) is 5.91 Å². The van der Waals surface area contributed by atoms with E-state index in [2.05, 4.69) is 5.32 Å². The maximum absolute atomic E-state index is 13.7. The van der Waals surface area contributed by atoms with Crippen molar-refractivity contribution in [2.24, 2.45) is 0 Å². The van der Waals surface area contributed by atoms with Crippen LogP contribution in [-0.2, 0) is 9.59 Å². The topological polar surface area (TPSA) is 67.9 Å². The number of amides is 2. The minimum atomic E-state index is -0.886. The zero-order valence-corrected chi connectivity index (χ0v) is 15.1. The van der Waals surface area contributed by atoms with Gasteiger partial charge in [-0.2, -0.15) is 0 Å². The molecule has 0 unspecified atom stereocenters. The maximum Gasteiger partial charge on any atom is 0.261 e. The SMILES string of the molecule is COc1cccc(N2C[C@@H](NC(=O)[C@H](C)Oc3ccccc3F)CC2=O)c1. The van der Waals surface area contributed by atoms with Gasteiger partial charge in [-0.3, -0.25) is 9.59 Å². The first-order valence-electron chi connectivity index (χ1n) is 8.64. The molecule has 0 aliphatic carbocycles. The molecule has 27 heavy (non-hydrogen) atoms. The minimum Gasteiger partial charge on any atom is -0.497 e. The van der Waals surface area contributed by atoms with Crippen LogP contribution < -0.4 is 19.7 Å². The molecule has 2 amide bonds. The van der Waals surface area contributed by atoms with Crippen LogP contribution in [0.1, 0.15) is 13.3 Å². The Morgan fingerprint density at radius 2 is 2.04 bits per heavy atom. The standard InChI is InChI=1S/C20H21FN2O4/c1-13(27-18-9-4-3-8-17(18)21)20(25)22-14-10-19(24)23(12-14)15-6-5-7-16(11-15)26-2/h3-9,11,13-14H,10,12H2,1-2H3,(H,22,25)/t13-,14-/m0/s1. The molecule has 0 aromatic heterocycles. The van der Waals surface area contributed by atoms with Crippen LogP contribution in [0.15, 0.2) is 48.5 Å². The minimum absolute atomic E-state index is 0.0145. The smallest absolute Gasteiger partial charge is 0.261 e. The van der Waals surface area contributed by atoms with E-state index < -0.39 is 17.8 Å². The van der Waals surface area contributed by atoms with Gasteiger partial charge >= 0.3 is 0 Å². The van der Waals surface area contributed by atoms with E-state index >= 15 is 0 Å². The molecule has 1 aliphatic heterocycles. The van der Waals surface area contributed by atoms with Crippen molar-refractivity contribution in [1.29, 1.82) is 0 Å². The average molecular weight is 372 g/mol. The molecule has 6 nitrogen and oxygen atoms in total. The van der Waals surface area contributed by atoms with Gasteiger partial charge < -0.3 is 19.7 Å². The number of para-hydroxylation sites is 1. The highest BCUT2D eigenvalue weighted by Gasteiger charge is 2.33. The lowest BCUT2D eigenvalue weighted by molar-refractivity contribution is -0.128. The zero-order valence-electron chi connectivity index (χ0n) is 15.1. The summed E-state index contributed by atoms with van der Waals surface area (Å²) in [4.78, 5) is 26.3. The largest absolute Gasteiger partial charge is 0.497 e. The first kappa shape index (κ1) is 18.7. The number of hydrogen-bond donors (Lipinski definition) is 1. The number of anilines is 1. The van der Waals surface area contributed by atoms with Crippen LogP contribution in [-0.4, -0.2) is 37.6 Å². The molecule has 1 aliphatic rings. The van der Waals surface area contributed by atoms with Gasteiger partial charge in [-0.1, -0.05) is 18.2 Å². The van der Waals surface area contributed by atoms with Gasteiger partial charge in [0, 0.05) is 24.7 Å². The Bertz CT molecular complexity index is 842. The molecule has 1 saturated heterocycles. The molecule has 0 bridgehead atoms. The summed E-state index contributed by atoms with van der Waals surface area (Å²) in [6, 6.07) is 12.7. The number of ether oxygens (including phenoxy) is 2. The number of nitrogens with one attached hydrogen (secondary N) is 1. The molecule has 0 spiro atoms. The lowest BCUT2D eigenvalue weighted by Crippen LogP contribution is -2.43. The zero-order chi connectivity index (χ0) is 19.4. The Hall–Kier alpha value is -3.09. The Labute approximate surface area is 156 Å². The first-order chi connectivity index (χ1) is 13.0. The van der Waals surface area contributed by atoms with Gasteiger partial charge in [0.1, 0.15) is 5.75 Å². The van der Waals surface area contributed by atoms with Crippen molar-refractivity contribution in [3.8, 4) is 11.5 Å². The van der Waals surface area contributed by atoms with Gasteiger partial charge in [0.2, 0.25) is 5.91 Å². The van der Waals surface area contributed by atoms with Gasteiger partial charge in [0.05, 0.1) is 13.2 Å². The quantitative estimate of drug-likeness (QED) is 0.846. The van der Waals surface area contributed by atoms with E-state index in [1.807, 2.05) is 6.07 Å². The summed E-state index contributed by atoms with van der Waals surface area (Å²) >= 11 is 0. The molecule has 1 heterocycles. The average Bonchev–Trinajstić information content (AvgIpc) is 3.03. The number of nitrogens with zero attached hydrogens (tertiary/aromatic N) is 1. The number of carbonyl (C=O) groups is 2. The molecule has 142 valence electrons. The predicted molar refractivity (Wildman–Crippen MR) is 98.4 cm³/mol. The summed E-state index contributed by atoms with van der Waals surface area (Å²) < 4.78 is 24.2. The monoisotopic (exact) mass is 372 g/mol. The third kappa shape index (κ3) is 4.36. The highest BCUT2D eigenvalue weighted by atomic mass is 19.1. The van der Waals surface area contributed by atoms with Gasteiger partial charge in [0.15, 0.2) is 17.7 Å². The van der Waals surface area contributed by atoms with Crippen molar-refractivity contribution in [3.05, 3.63) is 54.3 Å². The molecule has 2 atom stereocenters. The van der Waals surface area contributed by atoms with E-state index in [0.717, 1.165) is 0 Å². The normalized spacial score (nSPS) is 17.5. The molecule has 7 heteroatoms. The second-order valence-corrected chi connectivity index (χ2v) is 6.31. The summed E-state index contributed by atoms with van der Waals surface area (Å²) in [5, 5.41) is 2.80. The summed E-state index contributed by atoms with van der Waals surface area (Å²) in [6.45, 7) is 1.89. The second kappa shape index (κ2) is 8.07. The van der Waals surface area contributed by atoms with Crippen molar-refractivity contribution in [2.75, 3.05) is 18.6 Å². The lowest BCUT2D eigenvalue weighted by Gasteiger charge is -2.20. The molecule has 1 N–H and O–H groups in total. The fourth-order valence-corrected chi connectivity index (χ4v) is 2.94. The van der Waals surface area contributed by atoms with Crippen molar-refractivity contribution >= 4 is 17.5 Å². The van der Waals surface area contributed by atoms with Crippen LogP contribution >= 0.6 is 0 Å². The lowest BCUT2D eigenvalue weighted by atomic mass is 10.2. The fourth-order valence-electron chi connectivity index (χ4n) is 2.94. The Kier molecular flexibility index (Phi) is 5.59. The summed E-state index contributed by atoms with van der Waals surface area (Å²) in [6.07, 6.45) is -0.696. The van der Waals surface area contributed by atoms with Gasteiger partial charge in [-0.25, -0.2) is 4.39 Å². The second-order valence-electron chi connectivity index (χ2n) is 6.31. The molecule has 1 fully saturated rings. The third-order valence-corrected chi connectivity index (χ3v) is 4.35. The van der Waals surface area contributed by atoms with Crippen LogP contribution in [0, 0.1) is 5.82 Å². The predicted octanol–water partition coefficient (Wildman–Crippen LogP) is 2.52. The maximum atomic E-state index is 13.7. The Balaban J connectivity index is 1.60. The third-order valence-electron chi connectivity index (χ3n) is 4.35. The molecule has 0 saturated carbocycles. The van der Waals surface area contributed by atoms with E-state index in [9.17, 15) is 14.0 Å².